The molecule has 5 heteroatoms. The molecule has 0 amide bonds. The summed E-state index contributed by atoms with van der Waals surface area (Å²) in [6.07, 6.45) is 2.39. The molecular weight excluding hydrogens is 173 g/mol. The summed E-state index contributed by atoms with van der Waals surface area (Å²) in [5.41, 5.74) is 0. The third-order valence-corrected chi connectivity index (χ3v) is 1.59. The molecule has 1 aromatic heterocycles. The number of hydrogen-bond donors (Lipinski definition) is 2. The number of aromatic nitrogens is 2. The summed E-state index contributed by atoms with van der Waals surface area (Å²) in [7, 11) is 0. The van der Waals surface area contributed by atoms with Gasteiger partial charge in [0, 0.05) is 6.54 Å². The van der Waals surface area contributed by atoms with Crippen molar-refractivity contribution < 1.29 is 9.50 Å². The van der Waals surface area contributed by atoms with Gasteiger partial charge in [0.1, 0.15) is 0 Å². The molecule has 1 atom stereocenters. The van der Waals surface area contributed by atoms with Gasteiger partial charge in [-0.1, -0.05) is 6.92 Å². The zero-order valence-electron chi connectivity index (χ0n) is 7.37. The molecule has 1 rings (SSSR count). The number of rotatable bonds is 4. The van der Waals surface area contributed by atoms with E-state index in [1.165, 1.54) is 0 Å². The zero-order chi connectivity index (χ0) is 9.68. The minimum atomic E-state index is -0.471. The lowest BCUT2D eigenvalue weighted by Crippen LogP contribution is -2.19. The van der Waals surface area contributed by atoms with Gasteiger partial charge in [0.25, 0.3) is 0 Å². The molecule has 1 aromatic rings. The van der Waals surface area contributed by atoms with Crippen LogP contribution < -0.4 is 5.32 Å². The van der Waals surface area contributed by atoms with E-state index in [4.69, 9.17) is 0 Å². The van der Waals surface area contributed by atoms with E-state index in [9.17, 15) is 9.50 Å². The standard InChI is InChI=1S/C8H12FN3O/c1-2-7(13)5-12-8-10-3-6(9)4-11-8/h3-4,7,13H,2,5H2,1H3,(H,10,11,12)/t7-/m0/s1. The van der Waals surface area contributed by atoms with Crippen LogP contribution in [-0.2, 0) is 0 Å². The largest absolute Gasteiger partial charge is 0.391 e. The topological polar surface area (TPSA) is 58.0 Å². The van der Waals surface area contributed by atoms with E-state index in [1.54, 1.807) is 0 Å². The van der Waals surface area contributed by atoms with Crippen LogP contribution in [0.25, 0.3) is 0 Å². The number of aliphatic hydroxyl groups excluding tert-OH is 1. The van der Waals surface area contributed by atoms with E-state index in [0.29, 0.717) is 18.9 Å². The molecule has 1 heterocycles. The lowest BCUT2D eigenvalue weighted by molar-refractivity contribution is 0.183. The van der Waals surface area contributed by atoms with Crippen molar-refractivity contribution in [1.29, 1.82) is 0 Å². The number of nitrogens with zero attached hydrogens (tertiary/aromatic N) is 2. The predicted molar refractivity (Wildman–Crippen MR) is 46.8 cm³/mol. The molecule has 72 valence electrons. The highest BCUT2D eigenvalue weighted by Crippen LogP contribution is 1.99. The van der Waals surface area contributed by atoms with Crippen molar-refractivity contribution in [3.05, 3.63) is 18.2 Å². The molecule has 0 unspecified atom stereocenters. The first-order valence-electron chi connectivity index (χ1n) is 4.12. The van der Waals surface area contributed by atoms with Crippen LogP contribution >= 0.6 is 0 Å². The number of aliphatic hydroxyl groups is 1. The average molecular weight is 185 g/mol. The SMILES string of the molecule is CC[C@H](O)CNc1ncc(F)cn1. The quantitative estimate of drug-likeness (QED) is 0.728. The van der Waals surface area contributed by atoms with Crippen LogP contribution in [0, 0.1) is 5.82 Å². The molecule has 0 aliphatic rings. The Balaban J connectivity index is 2.41. The highest BCUT2D eigenvalue weighted by atomic mass is 19.1. The summed E-state index contributed by atoms with van der Waals surface area (Å²) in [5.74, 6) is -0.143. The second kappa shape index (κ2) is 4.71. The third-order valence-electron chi connectivity index (χ3n) is 1.59. The van der Waals surface area contributed by atoms with E-state index in [1.807, 2.05) is 6.92 Å². The third kappa shape index (κ3) is 3.33. The molecule has 0 aliphatic carbocycles. The lowest BCUT2D eigenvalue weighted by atomic mass is 10.3. The maximum Gasteiger partial charge on any atom is 0.222 e. The molecule has 2 N–H and O–H groups in total. The fourth-order valence-electron chi connectivity index (χ4n) is 0.757. The maximum atomic E-state index is 12.3. The van der Waals surface area contributed by atoms with E-state index < -0.39 is 11.9 Å². The Labute approximate surface area is 75.8 Å². The summed E-state index contributed by atoms with van der Waals surface area (Å²) in [6, 6.07) is 0. The van der Waals surface area contributed by atoms with E-state index >= 15 is 0 Å². The van der Waals surface area contributed by atoms with Crippen molar-refractivity contribution >= 4 is 5.95 Å². The lowest BCUT2D eigenvalue weighted by Gasteiger charge is -2.08. The van der Waals surface area contributed by atoms with Crippen molar-refractivity contribution in [3.63, 3.8) is 0 Å². The van der Waals surface area contributed by atoms with Crippen LogP contribution in [0.5, 0.6) is 0 Å². The monoisotopic (exact) mass is 185 g/mol. The number of hydrogen-bond acceptors (Lipinski definition) is 4. The average Bonchev–Trinajstić information content (AvgIpc) is 2.16. The van der Waals surface area contributed by atoms with Gasteiger partial charge in [-0.25, -0.2) is 14.4 Å². The van der Waals surface area contributed by atoms with E-state index in [0.717, 1.165) is 12.4 Å². The molecule has 0 saturated heterocycles. The normalized spacial score (nSPS) is 12.5. The van der Waals surface area contributed by atoms with Gasteiger partial charge < -0.3 is 10.4 Å². The van der Waals surface area contributed by atoms with Crippen LogP contribution in [0.1, 0.15) is 13.3 Å². The Hall–Kier alpha value is -1.23. The second-order valence-corrected chi connectivity index (χ2v) is 2.67. The Bertz CT molecular complexity index is 252. The number of anilines is 1. The molecule has 0 fully saturated rings. The summed E-state index contributed by atoms with van der Waals surface area (Å²) >= 11 is 0. The first-order chi connectivity index (χ1) is 6.22. The Morgan fingerprint density at radius 3 is 2.69 bits per heavy atom. The van der Waals surface area contributed by atoms with Crippen LogP contribution in [0.15, 0.2) is 12.4 Å². The molecular formula is C8H12FN3O. The predicted octanol–water partition coefficient (Wildman–Crippen LogP) is 0.798. The van der Waals surface area contributed by atoms with Gasteiger partial charge in [0.15, 0.2) is 5.82 Å². The fourth-order valence-corrected chi connectivity index (χ4v) is 0.757. The van der Waals surface area contributed by atoms with E-state index in [-0.39, 0.29) is 0 Å². The fraction of sp³-hybridized carbons (Fsp3) is 0.500. The summed E-state index contributed by atoms with van der Waals surface area (Å²) in [4.78, 5) is 7.35. The minimum absolute atomic E-state index is 0.328. The number of halogens is 1. The Morgan fingerprint density at radius 1 is 1.54 bits per heavy atom. The van der Waals surface area contributed by atoms with Crippen molar-refractivity contribution in [2.75, 3.05) is 11.9 Å². The zero-order valence-corrected chi connectivity index (χ0v) is 7.37. The maximum absolute atomic E-state index is 12.3. The molecule has 0 saturated carbocycles. The number of nitrogens with one attached hydrogen (secondary N) is 1. The first-order valence-corrected chi connectivity index (χ1v) is 4.12. The van der Waals surface area contributed by atoms with Gasteiger partial charge in [0.05, 0.1) is 18.5 Å². The summed E-state index contributed by atoms with van der Waals surface area (Å²) in [5, 5.41) is 12.0. The molecule has 0 aliphatic heterocycles. The van der Waals surface area contributed by atoms with Gasteiger partial charge in [-0.3, -0.25) is 0 Å². The first kappa shape index (κ1) is 9.85. The molecule has 0 aromatic carbocycles. The molecule has 13 heavy (non-hydrogen) atoms. The van der Waals surface area contributed by atoms with Crippen molar-refractivity contribution in [2.45, 2.75) is 19.4 Å². The Morgan fingerprint density at radius 2 is 2.15 bits per heavy atom. The van der Waals surface area contributed by atoms with E-state index in [2.05, 4.69) is 15.3 Å². The van der Waals surface area contributed by atoms with Gasteiger partial charge in [-0.2, -0.15) is 0 Å². The van der Waals surface area contributed by atoms with Crippen LogP contribution in [0.3, 0.4) is 0 Å². The highest BCUT2D eigenvalue weighted by Gasteiger charge is 2.01. The summed E-state index contributed by atoms with van der Waals surface area (Å²) < 4.78 is 12.3. The molecule has 4 nitrogen and oxygen atoms in total. The van der Waals surface area contributed by atoms with Crippen LogP contribution in [0.2, 0.25) is 0 Å². The van der Waals surface area contributed by atoms with Crippen molar-refractivity contribution in [2.24, 2.45) is 0 Å². The Kier molecular flexibility index (Phi) is 3.57. The molecule has 0 radical (unpaired) electrons. The smallest absolute Gasteiger partial charge is 0.222 e. The van der Waals surface area contributed by atoms with Gasteiger partial charge in [-0.05, 0) is 6.42 Å². The molecule has 0 bridgehead atoms. The van der Waals surface area contributed by atoms with Crippen LogP contribution in [0.4, 0.5) is 10.3 Å². The van der Waals surface area contributed by atoms with Crippen molar-refractivity contribution in [3.8, 4) is 0 Å². The van der Waals surface area contributed by atoms with Crippen molar-refractivity contribution in [1.82, 2.24) is 9.97 Å². The van der Waals surface area contributed by atoms with Crippen LogP contribution in [-0.4, -0.2) is 27.7 Å². The molecule has 0 spiro atoms. The van der Waals surface area contributed by atoms with Gasteiger partial charge in [-0.15, -0.1) is 0 Å². The minimum Gasteiger partial charge on any atom is -0.391 e. The van der Waals surface area contributed by atoms with Gasteiger partial charge >= 0.3 is 0 Å². The summed E-state index contributed by atoms with van der Waals surface area (Å²) in [6.45, 7) is 2.25. The van der Waals surface area contributed by atoms with Gasteiger partial charge in [0.2, 0.25) is 5.95 Å². The highest BCUT2D eigenvalue weighted by molar-refractivity contribution is 5.22. The second-order valence-electron chi connectivity index (χ2n) is 2.67.